The maximum Gasteiger partial charge on any atom is 0.176 e. The SMILES string of the molecule is CCOc1ccccc1C(=O)CSC1CCCCC1. The highest BCUT2D eigenvalue weighted by atomic mass is 32.2. The summed E-state index contributed by atoms with van der Waals surface area (Å²) in [5, 5.41) is 0.678. The molecule has 1 aliphatic rings. The first-order valence-electron chi connectivity index (χ1n) is 7.18. The molecule has 0 atom stereocenters. The lowest BCUT2D eigenvalue weighted by Gasteiger charge is -2.20. The summed E-state index contributed by atoms with van der Waals surface area (Å²) in [6.45, 7) is 2.54. The quantitative estimate of drug-likeness (QED) is 0.724. The molecule has 0 radical (unpaired) electrons. The predicted molar refractivity (Wildman–Crippen MR) is 81.3 cm³/mol. The maximum atomic E-state index is 12.3. The van der Waals surface area contributed by atoms with E-state index in [0.29, 0.717) is 17.6 Å². The van der Waals surface area contributed by atoms with Gasteiger partial charge in [0, 0.05) is 5.25 Å². The maximum absolute atomic E-state index is 12.3. The summed E-state index contributed by atoms with van der Waals surface area (Å²) in [6, 6.07) is 7.56. The molecule has 0 aromatic heterocycles. The zero-order valence-electron chi connectivity index (χ0n) is 11.6. The van der Waals surface area contributed by atoms with E-state index < -0.39 is 0 Å². The van der Waals surface area contributed by atoms with Gasteiger partial charge in [0.25, 0.3) is 0 Å². The van der Waals surface area contributed by atoms with E-state index >= 15 is 0 Å². The summed E-state index contributed by atoms with van der Waals surface area (Å²) in [4.78, 5) is 12.3. The van der Waals surface area contributed by atoms with Gasteiger partial charge in [-0.25, -0.2) is 0 Å². The summed E-state index contributed by atoms with van der Waals surface area (Å²) >= 11 is 1.82. The van der Waals surface area contributed by atoms with Crippen LogP contribution < -0.4 is 4.74 Å². The minimum atomic E-state index is 0.194. The third kappa shape index (κ3) is 4.27. The second-order valence-corrected chi connectivity index (χ2v) is 6.21. The molecule has 0 aliphatic heterocycles. The Morgan fingerprint density at radius 1 is 1.26 bits per heavy atom. The average molecular weight is 278 g/mol. The number of hydrogen-bond donors (Lipinski definition) is 0. The van der Waals surface area contributed by atoms with Crippen LogP contribution in [0, 0.1) is 0 Å². The van der Waals surface area contributed by atoms with E-state index in [1.54, 1.807) is 0 Å². The molecule has 0 heterocycles. The number of rotatable bonds is 6. The van der Waals surface area contributed by atoms with Gasteiger partial charge in [0.2, 0.25) is 0 Å². The summed E-state index contributed by atoms with van der Waals surface area (Å²) in [6.07, 6.45) is 6.54. The van der Waals surface area contributed by atoms with Crippen LogP contribution in [0.3, 0.4) is 0 Å². The van der Waals surface area contributed by atoms with Gasteiger partial charge in [-0.2, -0.15) is 11.8 Å². The molecule has 19 heavy (non-hydrogen) atoms. The molecule has 0 amide bonds. The molecule has 104 valence electrons. The molecule has 1 fully saturated rings. The molecular weight excluding hydrogens is 256 g/mol. The minimum Gasteiger partial charge on any atom is -0.493 e. The van der Waals surface area contributed by atoms with Gasteiger partial charge in [0.15, 0.2) is 5.78 Å². The largest absolute Gasteiger partial charge is 0.493 e. The number of para-hydroxylation sites is 1. The third-order valence-corrected chi connectivity index (χ3v) is 4.86. The number of hydrogen-bond acceptors (Lipinski definition) is 3. The lowest BCUT2D eigenvalue weighted by Crippen LogP contribution is -2.13. The molecule has 2 rings (SSSR count). The van der Waals surface area contributed by atoms with Gasteiger partial charge in [0.05, 0.1) is 17.9 Å². The Kier molecular flexibility index (Phi) is 5.77. The normalized spacial score (nSPS) is 16.3. The Balaban J connectivity index is 1.91. The zero-order chi connectivity index (χ0) is 13.5. The van der Waals surface area contributed by atoms with Crippen molar-refractivity contribution in [3.63, 3.8) is 0 Å². The van der Waals surface area contributed by atoms with Crippen LogP contribution in [0.4, 0.5) is 0 Å². The van der Waals surface area contributed by atoms with E-state index in [0.717, 1.165) is 11.3 Å². The highest BCUT2D eigenvalue weighted by Crippen LogP contribution is 2.29. The van der Waals surface area contributed by atoms with Crippen molar-refractivity contribution in [1.82, 2.24) is 0 Å². The Labute approximate surface area is 119 Å². The first kappa shape index (κ1) is 14.4. The molecule has 0 unspecified atom stereocenters. The molecule has 2 nitrogen and oxygen atoms in total. The molecule has 0 saturated heterocycles. The van der Waals surface area contributed by atoms with Gasteiger partial charge >= 0.3 is 0 Å². The molecule has 3 heteroatoms. The van der Waals surface area contributed by atoms with Crippen molar-refractivity contribution >= 4 is 17.5 Å². The van der Waals surface area contributed by atoms with Crippen LogP contribution in [0.25, 0.3) is 0 Å². The smallest absolute Gasteiger partial charge is 0.176 e. The standard InChI is InChI=1S/C16H22O2S/c1-2-18-16-11-7-6-10-14(16)15(17)12-19-13-8-4-3-5-9-13/h6-7,10-11,13H,2-5,8-9,12H2,1H3. The van der Waals surface area contributed by atoms with Gasteiger partial charge in [-0.05, 0) is 31.9 Å². The van der Waals surface area contributed by atoms with Crippen LogP contribution in [0.2, 0.25) is 0 Å². The van der Waals surface area contributed by atoms with Gasteiger partial charge in [-0.15, -0.1) is 0 Å². The molecule has 1 saturated carbocycles. The number of thioether (sulfide) groups is 1. The zero-order valence-corrected chi connectivity index (χ0v) is 12.4. The van der Waals surface area contributed by atoms with Gasteiger partial charge < -0.3 is 4.74 Å². The highest BCUT2D eigenvalue weighted by Gasteiger charge is 2.17. The van der Waals surface area contributed by atoms with Gasteiger partial charge in [0.1, 0.15) is 5.75 Å². The summed E-state index contributed by atoms with van der Waals surface area (Å²) in [5.41, 5.74) is 0.729. The van der Waals surface area contributed by atoms with E-state index in [-0.39, 0.29) is 5.78 Å². The number of carbonyl (C=O) groups is 1. The highest BCUT2D eigenvalue weighted by molar-refractivity contribution is 8.00. The lowest BCUT2D eigenvalue weighted by molar-refractivity contribution is 0.101. The lowest BCUT2D eigenvalue weighted by atomic mass is 10.0. The third-order valence-electron chi connectivity index (χ3n) is 3.49. The van der Waals surface area contributed by atoms with E-state index in [9.17, 15) is 4.79 Å². The first-order chi connectivity index (χ1) is 9.31. The molecular formula is C16H22O2S. The van der Waals surface area contributed by atoms with Crippen molar-refractivity contribution in [3.05, 3.63) is 29.8 Å². The summed E-state index contributed by atoms with van der Waals surface area (Å²) < 4.78 is 5.52. The second kappa shape index (κ2) is 7.59. The molecule has 0 spiro atoms. The fourth-order valence-electron chi connectivity index (χ4n) is 2.48. The van der Waals surface area contributed by atoms with Crippen LogP contribution in [0.15, 0.2) is 24.3 Å². The fraction of sp³-hybridized carbons (Fsp3) is 0.562. The van der Waals surface area contributed by atoms with Gasteiger partial charge in [-0.1, -0.05) is 31.4 Å². The van der Waals surface area contributed by atoms with Crippen LogP contribution in [0.1, 0.15) is 49.4 Å². The molecule has 1 aliphatic carbocycles. The minimum absolute atomic E-state index is 0.194. The topological polar surface area (TPSA) is 26.3 Å². The number of Topliss-reactive ketones (excluding diaryl/α,β-unsaturated/α-hetero) is 1. The van der Waals surface area contributed by atoms with Crippen LogP contribution in [-0.4, -0.2) is 23.4 Å². The van der Waals surface area contributed by atoms with Crippen molar-refractivity contribution in [2.45, 2.75) is 44.3 Å². The number of ether oxygens (including phenoxy) is 1. The van der Waals surface area contributed by atoms with E-state index in [1.807, 2.05) is 43.0 Å². The van der Waals surface area contributed by atoms with Crippen LogP contribution >= 0.6 is 11.8 Å². The van der Waals surface area contributed by atoms with Crippen LogP contribution in [-0.2, 0) is 0 Å². The van der Waals surface area contributed by atoms with E-state index in [1.165, 1.54) is 32.1 Å². The molecule has 1 aromatic carbocycles. The number of benzene rings is 1. The Morgan fingerprint density at radius 2 is 2.00 bits per heavy atom. The molecule has 0 N–H and O–H groups in total. The summed E-state index contributed by atoms with van der Waals surface area (Å²) in [7, 11) is 0. The van der Waals surface area contributed by atoms with Gasteiger partial charge in [-0.3, -0.25) is 4.79 Å². The van der Waals surface area contributed by atoms with Crippen molar-refractivity contribution in [3.8, 4) is 5.75 Å². The van der Waals surface area contributed by atoms with E-state index in [4.69, 9.17) is 4.74 Å². The van der Waals surface area contributed by atoms with Crippen molar-refractivity contribution in [1.29, 1.82) is 0 Å². The number of carbonyl (C=O) groups excluding carboxylic acids is 1. The van der Waals surface area contributed by atoms with Crippen molar-refractivity contribution in [2.24, 2.45) is 0 Å². The monoisotopic (exact) mass is 278 g/mol. The Hall–Kier alpha value is -0.960. The number of ketones is 1. The average Bonchev–Trinajstić information content (AvgIpc) is 2.47. The van der Waals surface area contributed by atoms with Crippen molar-refractivity contribution in [2.75, 3.05) is 12.4 Å². The summed E-state index contributed by atoms with van der Waals surface area (Å²) in [5.74, 6) is 1.49. The van der Waals surface area contributed by atoms with E-state index in [2.05, 4.69) is 0 Å². The first-order valence-corrected chi connectivity index (χ1v) is 8.22. The van der Waals surface area contributed by atoms with Crippen LogP contribution in [0.5, 0.6) is 5.75 Å². The van der Waals surface area contributed by atoms with Crippen molar-refractivity contribution < 1.29 is 9.53 Å². The Morgan fingerprint density at radius 3 is 2.74 bits per heavy atom. The molecule has 1 aromatic rings. The predicted octanol–water partition coefficient (Wildman–Crippen LogP) is 4.33. The fourth-order valence-corrected chi connectivity index (χ4v) is 3.69. The Bertz CT molecular complexity index is 411. The second-order valence-electron chi connectivity index (χ2n) is 4.92. The molecule has 0 bridgehead atoms.